The van der Waals surface area contributed by atoms with Crippen molar-refractivity contribution >= 4 is 29.3 Å². The molecule has 0 saturated carbocycles. The lowest BCUT2D eigenvalue weighted by Gasteiger charge is -2.29. The average Bonchev–Trinajstić information content (AvgIpc) is 3.20. The van der Waals surface area contributed by atoms with Crippen molar-refractivity contribution in [1.29, 1.82) is 0 Å². The summed E-state index contributed by atoms with van der Waals surface area (Å²) in [7, 11) is 0. The van der Waals surface area contributed by atoms with E-state index >= 15 is 0 Å². The maximum atomic E-state index is 12.7. The van der Waals surface area contributed by atoms with Gasteiger partial charge in [-0.3, -0.25) is 0 Å². The van der Waals surface area contributed by atoms with Gasteiger partial charge in [0.25, 0.3) is 0 Å². The van der Waals surface area contributed by atoms with Crippen molar-refractivity contribution in [2.75, 3.05) is 0 Å². The molecule has 34 heavy (non-hydrogen) atoms. The van der Waals surface area contributed by atoms with Gasteiger partial charge in [-0.05, 0) is 82.5 Å². The fraction of sp³-hybridized carbons (Fsp3) is 0.375. The molecule has 0 saturated heterocycles. The number of ether oxygens (including phenoxy) is 2. The standard InChI is InChI=1S/C24H25F3N2O3S2/c1-22(2,3)32-21(30)23(4,5)31-17-10-12-18(13-11-17)33-14-19-28-20(29-34-19)15-6-8-16(9-7-15)24(25,26)27/h6-13H,14H2,1-5H3. The highest BCUT2D eigenvalue weighted by Crippen LogP contribution is 2.32. The SMILES string of the molecule is CC(C)(C)OC(=O)C(C)(C)Oc1ccc(SCc2nc(-c3ccc(C(F)(F)F)cc3)ns2)cc1. The Bertz CT molecular complexity index is 1120. The van der Waals surface area contributed by atoms with E-state index in [1.807, 2.05) is 12.1 Å². The van der Waals surface area contributed by atoms with Gasteiger partial charge < -0.3 is 9.47 Å². The third kappa shape index (κ3) is 7.20. The normalized spacial score (nSPS) is 12.5. The summed E-state index contributed by atoms with van der Waals surface area (Å²) >= 11 is 2.75. The topological polar surface area (TPSA) is 61.3 Å². The Kier molecular flexibility index (Phi) is 7.62. The lowest BCUT2D eigenvalue weighted by atomic mass is 10.1. The average molecular weight is 511 g/mol. The molecule has 2 aromatic carbocycles. The summed E-state index contributed by atoms with van der Waals surface area (Å²) < 4.78 is 53.7. The van der Waals surface area contributed by atoms with Gasteiger partial charge in [0.2, 0.25) is 0 Å². The number of nitrogens with zero attached hydrogens (tertiary/aromatic N) is 2. The number of carbonyl (C=O) groups excluding carboxylic acids is 1. The highest BCUT2D eigenvalue weighted by Gasteiger charge is 2.34. The molecule has 5 nitrogen and oxygen atoms in total. The number of halogens is 3. The van der Waals surface area contributed by atoms with Crippen LogP contribution in [0.1, 0.15) is 45.2 Å². The highest BCUT2D eigenvalue weighted by atomic mass is 32.2. The van der Waals surface area contributed by atoms with Gasteiger partial charge in [0.1, 0.15) is 16.4 Å². The summed E-state index contributed by atoms with van der Waals surface area (Å²) in [6.07, 6.45) is -4.37. The van der Waals surface area contributed by atoms with E-state index in [0.29, 0.717) is 22.9 Å². The number of rotatable bonds is 7. The number of carbonyl (C=O) groups is 1. The van der Waals surface area contributed by atoms with Crippen molar-refractivity contribution in [2.24, 2.45) is 0 Å². The summed E-state index contributed by atoms with van der Waals surface area (Å²) in [6, 6.07) is 12.1. The monoisotopic (exact) mass is 510 g/mol. The van der Waals surface area contributed by atoms with Crippen LogP contribution in [-0.2, 0) is 21.5 Å². The van der Waals surface area contributed by atoms with Crippen molar-refractivity contribution in [3.63, 3.8) is 0 Å². The Morgan fingerprint density at radius 2 is 1.59 bits per heavy atom. The predicted molar refractivity (Wildman–Crippen MR) is 127 cm³/mol. The van der Waals surface area contributed by atoms with Crippen LogP contribution in [0.5, 0.6) is 5.75 Å². The Labute approximate surface area is 204 Å². The number of hydrogen-bond donors (Lipinski definition) is 0. The molecule has 3 rings (SSSR count). The molecular formula is C24H25F3N2O3S2. The number of hydrogen-bond acceptors (Lipinski definition) is 7. The van der Waals surface area contributed by atoms with Crippen LogP contribution in [0.25, 0.3) is 11.4 Å². The van der Waals surface area contributed by atoms with Gasteiger partial charge >= 0.3 is 12.1 Å². The van der Waals surface area contributed by atoms with Crippen LogP contribution in [0.3, 0.4) is 0 Å². The minimum absolute atomic E-state index is 0.405. The minimum atomic E-state index is -4.37. The fourth-order valence-electron chi connectivity index (χ4n) is 2.73. The van der Waals surface area contributed by atoms with Crippen molar-refractivity contribution in [3.05, 3.63) is 59.1 Å². The summed E-state index contributed by atoms with van der Waals surface area (Å²) in [5.74, 6) is 1.06. The Morgan fingerprint density at radius 1 is 0.971 bits per heavy atom. The van der Waals surface area contributed by atoms with E-state index in [9.17, 15) is 18.0 Å². The maximum absolute atomic E-state index is 12.7. The van der Waals surface area contributed by atoms with Gasteiger partial charge in [0, 0.05) is 10.5 Å². The molecule has 0 fully saturated rings. The Morgan fingerprint density at radius 3 is 2.15 bits per heavy atom. The zero-order valence-electron chi connectivity index (χ0n) is 19.4. The Hall–Kier alpha value is -2.59. The second-order valence-electron chi connectivity index (χ2n) is 8.96. The molecular weight excluding hydrogens is 485 g/mol. The molecule has 0 unspecified atom stereocenters. The second-order valence-corrected chi connectivity index (χ2v) is 10.8. The molecule has 0 spiro atoms. The van der Waals surface area contributed by atoms with Gasteiger partial charge in [0.15, 0.2) is 11.4 Å². The van der Waals surface area contributed by atoms with Gasteiger partial charge in [0.05, 0.1) is 11.3 Å². The predicted octanol–water partition coefficient (Wildman–Crippen LogP) is 7.02. The van der Waals surface area contributed by atoms with Crippen molar-refractivity contribution < 1.29 is 27.4 Å². The zero-order chi connectivity index (χ0) is 25.1. The molecule has 3 aromatic rings. The fourth-order valence-corrected chi connectivity index (χ4v) is 4.26. The van der Waals surface area contributed by atoms with E-state index in [1.54, 1.807) is 58.5 Å². The second kappa shape index (κ2) is 9.95. The number of esters is 1. The smallest absolute Gasteiger partial charge is 0.416 e. The zero-order valence-corrected chi connectivity index (χ0v) is 21.0. The number of thioether (sulfide) groups is 1. The van der Waals surface area contributed by atoms with E-state index in [4.69, 9.17) is 9.47 Å². The molecule has 1 aromatic heterocycles. The van der Waals surface area contributed by atoms with Crippen molar-refractivity contribution in [1.82, 2.24) is 9.36 Å². The first-order valence-electron chi connectivity index (χ1n) is 10.4. The molecule has 0 aliphatic rings. The third-order valence-corrected chi connectivity index (χ3v) is 6.30. The number of benzene rings is 2. The van der Waals surface area contributed by atoms with Gasteiger partial charge in [-0.15, -0.1) is 11.8 Å². The van der Waals surface area contributed by atoms with Crippen LogP contribution in [-0.4, -0.2) is 26.5 Å². The van der Waals surface area contributed by atoms with Crippen LogP contribution in [0.4, 0.5) is 13.2 Å². The van der Waals surface area contributed by atoms with Crippen LogP contribution in [0, 0.1) is 0 Å². The highest BCUT2D eigenvalue weighted by molar-refractivity contribution is 7.98. The molecule has 10 heteroatoms. The summed E-state index contributed by atoms with van der Waals surface area (Å²) in [4.78, 5) is 17.8. The molecule has 0 bridgehead atoms. The van der Waals surface area contributed by atoms with E-state index in [1.165, 1.54) is 23.7 Å². The van der Waals surface area contributed by atoms with Crippen molar-refractivity contribution in [2.45, 2.75) is 62.6 Å². The van der Waals surface area contributed by atoms with Crippen LogP contribution >= 0.6 is 23.3 Å². The van der Waals surface area contributed by atoms with E-state index in [2.05, 4.69) is 9.36 Å². The number of alkyl halides is 3. The molecule has 0 radical (unpaired) electrons. The number of aromatic nitrogens is 2. The van der Waals surface area contributed by atoms with E-state index in [-0.39, 0.29) is 0 Å². The van der Waals surface area contributed by atoms with Crippen LogP contribution < -0.4 is 4.74 Å². The maximum Gasteiger partial charge on any atom is 0.416 e. The largest absolute Gasteiger partial charge is 0.476 e. The molecule has 1 heterocycles. The summed E-state index contributed by atoms with van der Waals surface area (Å²) in [5.41, 5.74) is -1.91. The first-order valence-corrected chi connectivity index (χ1v) is 12.1. The molecule has 0 amide bonds. The first kappa shape index (κ1) is 26.0. The van der Waals surface area contributed by atoms with Crippen LogP contribution in [0.2, 0.25) is 0 Å². The molecule has 182 valence electrons. The van der Waals surface area contributed by atoms with Crippen LogP contribution in [0.15, 0.2) is 53.4 Å². The third-order valence-electron chi connectivity index (χ3n) is 4.39. The van der Waals surface area contributed by atoms with Gasteiger partial charge in [-0.25, -0.2) is 9.78 Å². The molecule has 0 aliphatic heterocycles. The quantitative estimate of drug-likeness (QED) is 0.252. The minimum Gasteiger partial charge on any atom is -0.476 e. The Balaban J connectivity index is 1.57. The summed E-state index contributed by atoms with van der Waals surface area (Å²) in [6.45, 7) is 8.73. The van der Waals surface area contributed by atoms with E-state index in [0.717, 1.165) is 22.0 Å². The van der Waals surface area contributed by atoms with E-state index < -0.39 is 28.9 Å². The lowest BCUT2D eigenvalue weighted by molar-refractivity contribution is -0.170. The first-order chi connectivity index (χ1) is 15.7. The summed E-state index contributed by atoms with van der Waals surface area (Å²) in [5, 5.41) is 0.756. The molecule has 0 N–H and O–H groups in total. The molecule has 0 atom stereocenters. The van der Waals surface area contributed by atoms with Gasteiger partial charge in [-0.2, -0.15) is 17.5 Å². The van der Waals surface area contributed by atoms with Gasteiger partial charge in [-0.1, -0.05) is 12.1 Å². The van der Waals surface area contributed by atoms with Crippen molar-refractivity contribution in [3.8, 4) is 17.1 Å². The lowest BCUT2D eigenvalue weighted by Crippen LogP contribution is -2.43. The molecule has 0 aliphatic carbocycles.